The Bertz CT molecular complexity index is 208. The van der Waals surface area contributed by atoms with Crippen LogP contribution < -0.4 is 5.73 Å². The van der Waals surface area contributed by atoms with Gasteiger partial charge in [-0.25, -0.2) is 0 Å². The molecule has 0 aromatic carbocycles. The Morgan fingerprint density at radius 1 is 1.31 bits per heavy atom. The molecule has 3 nitrogen and oxygen atoms in total. The van der Waals surface area contributed by atoms with E-state index in [0.29, 0.717) is 6.42 Å². The first-order chi connectivity index (χ1) is 7.29. The first-order valence-electron chi connectivity index (χ1n) is 6.28. The Kier molecular flexibility index (Phi) is 6.65. The van der Waals surface area contributed by atoms with Gasteiger partial charge in [-0.1, -0.05) is 40.5 Å². The van der Waals surface area contributed by atoms with E-state index in [1.165, 1.54) is 12.8 Å². The van der Waals surface area contributed by atoms with Gasteiger partial charge in [-0.2, -0.15) is 0 Å². The van der Waals surface area contributed by atoms with E-state index in [-0.39, 0.29) is 17.4 Å². The van der Waals surface area contributed by atoms with Crippen molar-refractivity contribution >= 4 is 5.91 Å². The first-order valence-corrected chi connectivity index (χ1v) is 6.28. The summed E-state index contributed by atoms with van der Waals surface area (Å²) in [5.41, 5.74) is 6.00. The van der Waals surface area contributed by atoms with Gasteiger partial charge in [0.25, 0.3) is 0 Å². The number of hydrogen-bond acceptors (Lipinski definition) is 2. The minimum absolute atomic E-state index is 0.0000808. The number of hydrogen-bond donors (Lipinski definition) is 1. The molecule has 0 fully saturated rings. The molecule has 0 aromatic rings. The van der Waals surface area contributed by atoms with E-state index in [9.17, 15) is 4.79 Å². The molecule has 0 aliphatic rings. The van der Waals surface area contributed by atoms with Crippen molar-refractivity contribution in [3.63, 3.8) is 0 Å². The lowest BCUT2D eigenvalue weighted by atomic mass is 9.85. The number of carbonyl (C=O) groups excluding carboxylic acids is 1. The highest BCUT2D eigenvalue weighted by atomic mass is 16.2. The maximum Gasteiger partial charge on any atom is 0.223 e. The second kappa shape index (κ2) is 6.89. The second-order valence-electron chi connectivity index (χ2n) is 5.70. The molecule has 0 saturated heterocycles. The molecule has 0 aliphatic heterocycles. The zero-order valence-corrected chi connectivity index (χ0v) is 11.5. The summed E-state index contributed by atoms with van der Waals surface area (Å²) >= 11 is 0. The SMILES string of the molecule is CCCCCN(C)C(=O)CC(N)C(C)(C)C. The minimum Gasteiger partial charge on any atom is -0.346 e. The monoisotopic (exact) mass is 228 g/mol. The van der Waals surface area contributed by atoms with Crippen LogP contribution in [0.5, 0.6) is 0 Å². The first kappa shape index (κ1) is 15.4. The average Bonchev–Trinajstić information content (AvgIpc) is 2.16. The third-order valence-corrected chi connectivity index (χ3v) is 3.03. The largest absolute Gasteiger partial charge is 0.346 e. The number of rotatable bonds is 6. The van der Waals surface area contributed by atoms with Crippen LogP contribution in [0.1, 0.15) is 53.4 Å². The van der Waals surface area contributed by atoms with E-state index in [0.717, 1.165) is 13.0 Å². The lowest BCUT2D eigenvalue weighted by molar-refractivity contribution is -0.130. The summed E-state index contributed by atoms with van der Waals surface area (Å²) < 4.78 is 0. The molecule has 0 bridgehead atoms. The molecule has 1 unspecified atom stereocenters. The van der Waals surface area contributed by atoms with E-state index in [2.05, 4.69) is 27.7 Å². The van der Waals surface area contributed by atoms with Crippen LogP contribution in [0.3, 0.4) is 0 Å². The van der Waals surface area contributed by atoms with Crippen molar-refractivity contribution in [2.24, 2.45) is 11.1 Å². The topological polar surface area (TPSA) is 46.3 Å². The molecule has 0 radical (unpaired) electrons. The second-order valence-corrected chi connectivity index (χ2v) is 5.70. The Hall–Kier alpha value is -0.570. The van der Waals surface area contributed by atoms with Gasteiger partial charge < -0.3 is 10.6 Å². The highest BCUT2D eigenvalue weighted by molar-refractivity contribution is 5.76. The molecule has 2 N–H and O–H groups in total. The molecule has 1 atom stereocenters. The standard InChI is InChI=1S/C13H28N2O/c1-6-7-8-9-15(5)12(16)10-11(14)13(2,3)4/h11H,6-10,14H2,1-5H3. The van der Waals surface area contributed by atoms with Crippen LogP contribution in [-0.4, -0.2) is 30.4 Å². The van der Waals surface area contributed by atoms with Gasteiger partial charge >= 0.3 is 0 Å². The van der Waals surface area contributed by atoms with E-state index in [4.69, 9.17) is 5.73 Å². The third-order valence-electron chi connectivity index (χ3n) is 3.03. The van der Waals surface area contributed by atoms with E-state index in [1.807, 2.05) is 7.05 Å². The molecule has 0 saturated carbocycles. The van der Waals surface area contributed by atoms with Gasteiger partial charge in [0.05, 0.1) is 0 Å². The van der Waals surface area contributed by atoms with Crippen LogP contribution in [0.15, 0.2) is 0 Å². The Balaban J connectivity index is 3.96. The van der Waals surface area contributed by atoms with Gasteiger partial charge in [0.15, 0.2) is 0 Å². The van der Waals surface area contributed by atoms with Crippen molar-refractivity contribution < 1.29 is 4.79 Å². The highest BCUT2D eigenvalue weighted by Crippen LogP contribution is 2.20. The fourth-order valence-corrected chi connectivity index (χ4v) is 1.37. The molecule has 0 heterocycles. The molecule has 0 spiro atoms. The van der Waals surface area contributed by atoms with E-state index >= 15 is 0 Å². The van der Waals surface area contributed by atoms with Crippen molar-refractivity contribution in [3.8, 4) is 0 Å². The maximum absolute atomic E-state index is 11.8. The summed E-state index contributed by atoms with van der Waals surface area (Å²) in [5.74, 6) is 0.165. The molecular formula is C13H28N2O. The zero-order chi connectivity index (χ0) is 12.8. The summed E-state index contributed by atoms with van der Waals surface area (Å²) in [6.07, 6.45) is 3.90. The van der Waals surface area contributed by atoms with Gasteiger partial charge in [0, 0.05) is 26.1 Å². The summed E-state index contributed by atoms with van der Waals surface area (Å²) in [5, 5.41) is 0. The smallest absolute Gasteiger partial charge is 0.223 e. The fraction of sp³-hybridized carbons (Fsp3) is 0.923. The molecule has 1 amide bonds. The molecule has 0 aliphatic carbocycles. The summed E-state index contributed by atoms with van der Waals surface area (Å²) in [6, 6.07) is -0.0615. The highest BCUT2D eigenvalue weighted by Gasteiger charge is 2.24. The normalized spacial score (nSPS) is 13.6. The van der Waals surface area contributed by atoms with Crippen LogP contribution in [0.25, 0.3) is 0 Å². The predicted molar refractivity (Wildman–Crippen MR) is 69.2 cm³/mol. The van der Waals surface area contributed by atoms with Gasteiger partial charge in [0.2, 0.25) is 5.91 Å². The molecular weight excluding hydrogens is 200 g/mol. The van der Waals surface area contributed by atoms with Gasteiger partial charge in [-0.05, 0) is 11.8 Å². The Morgan fingerprint density at radius 3 is 2.31 bits per heavy atom. The molecule has 3 heteroatoms. The van der Waals surface area contributed by atoms with Crippen LogP contribution in [0.2, 0.25) is 0 Å². The zero-order valence-electron chi connectivity index (χ0n) is 11.5. The lowest BCUT2D eigenvalue weighted by Gasteiger charge is -2.28. The molecule has 0 rings (SSSR count). The summed E-state index contributed by atoms with van der Waals surface area (Å²) in [7, 11) is 1.87. The van der Waals surface area contributed by atoms with Gasteiger partial charge in [-0.15, -0.1) is 0 Å². The van der Waals surface area contributed by atoms with E-state index < -0.39 is 0 Å². The lowest BCUT2D eigenvalue weighted by Crippen LogP contribution is -2.40. The minimum atomic E-state index is -0.0615. The van der Waals surface area contributed by atoms with Crippen molar-refractivity contribution in [3.05, 3.63) is 0 Å². The van der Waals surface area contributed by atoms with Gasteiger partial charge in [0.1, 0.15) is 0 Å². The van der Waals surface area contributed by atoms with Gasteiger partial charge in [-0.3, -0.25) is 4.79 Å². The van der Waals surface area contributed by atoms with Crippen molar-refractivity contribution in [2.45, 2.75) is 59.4 Å². The average molecular weight is 228 g/mol. The molecule has 0 aromatic heterocycles. The third kappa shape index (κ3) is 6.11. The fourth-order valence-electron chi connectivity index (χ4n) is 1.37. The Morgan fingerprint density at radius 2 is 1.88 bits per heavy atom. The number of nitrogens with zero attached hydrogens (tertiary/aromatic N) is 1. The maximum atomic E-state index is 11.8. The van der Waals surface area contributed by atoms with Crippen LogP contribution in [0, 0.1) is 5.41 Å². The molecule has 96 valence electrons. The Labute approximate surface area is 100 Å². The van der Waals surface area contributed by atoms with E-state index in [1.54, 1.807) is 4.90 Å². The summed E-state index contributed by atoms with van der Waals surface area (Å²) in [4.78, 5) is 13.6. The number of amides is 1. The van der Waals surface area contributed by atoms with Crippen molar-refractivity contribution in [1.82, 2.24) is 4.90 Å². The van der Waals surface area contributed by atoms with Crippen molar-refractivity contribution in [1.29, 1.82) is 0 Å². The predicted octanol–water partition coefficient (Wildman–Crippen LogP) is 2.40. The number of unbranched alkanes of at least 4 members (excludes halogenated alkanes) is 2. The number of nitrogens with two attached hydrogens (primary N) is 1. The summed E-state index contributed by atoms with van der Waals surface area (Å²) in [6.45, 7) is 9.23. The quantitative estimate of drug-likeness (QED) is 0.710. The van der Waals surface area contributed by atoms with Crippen LogP contribution in [0.4, 0.5) is 0 Å². The number of carbonyl (C=O) groups is 1. The molecule has 16 heavy (non-hydrogen) atoms. The van der Waals surface area contributed by atoms with Crippen LogP contribution in [-0.2, 0) is 4.79 Å². The van der Waals surface area contributed by atoms with Crippen LogP contribution >= 0.6 is 0 Å². The van der Waals surface area contributed by atoms with Crippen molar-refractivity contribution in [2.75, 3.05) is 13.6 Å².